The van der Waals surface area contributed by atoms with Crippen molar-refractivity contribution in [2.24, 2.45) is 5.16 Å². The van der Waals surface area contributed by atoms with Gasteiger partial charge in [-0.2, -0.15) is 0 Å². The van der Waals surface area contributed by atoms with Crippen LogP contribution >= 0.6 is 15.9 Å². The highest BCUT2D eigenvalue weighted by atomic mass is 79.9. The molecule has 3 heteroatoms. The van der Waals surface area contributed by atoms with Gasteiger partial charge in [0, 0.05) is 0 Å². The number of rotatable bonds is 1. The van der Waals surface area contributed by atoms with Crippen LogP contribution in [0, 0.1) is 0 Å². The molecule has 0 radical (unpaired) electrons. The first-order valence-electron chi connectivity index (χ1n) is 2.36. The summed E-state index contributed by atoms with van der Waals surface area (Å²) in [6, 6.07) is 0. The van der Waals surface area contributed by atoms with Gasteiger partial charge in [-0.05, 0) is 36.7 Å². The van der Waals surface area contributed by atoms with Crippen molar-refractivity contribution >= 4 is 21.1 Å². The van der Waals surface area contributed by atoms with Gasteiger partial charge >= 0.3 is 0 Å². The largest absolute Gasteiger partial charge is 0.390 e. The highest BCUT2D eigenvalue weighted by Gasteiger charge is 2.08. The molecular weight excluding hydrogens is 170 g/mol. The molecule has 0 heterocycles. The third-order valence-electron chi connectivity index (χ3n) is 0.366. The third kappa shape index (κ3) is 5.95. The molecule has 0 spiro atoms. The molecule has 0 aromatic carbocycles. The lowest BCUT2D eigenvalue weighted by Gasteiger charge is -2.14. The van der Waals surface area contributed by atoms with Gasteiger partial charge < -0.3 is 4.84 Å². The van der Waals surface area contributed by atoms with E-state index in [-0.39, 0.29) is 5.60 Å². The molecule has 0 rings (SSSR count). The summed E-state index contributed by atoms with van der Waals surface area (Å²) in [5.41, 5.74) is -0.176. The Labute approximate surface area is 58.0 Å². The number of nitrogens with zero attached hydrogens (tertiary/aromatic N) is 1. The van der Waals surface area contributed by atoms with E-state index in [1.807, 2.05) is 20.8 Å². The maximum absolute atomic E-state index is 4.90. The molecule has 0 saturated heterocycles. The zero-order valence-corrected chi connectivity index (χ0v) is 6.90. The molecule has 8 heavy (non-hydrogen) atoms. The van der Waals surface area contributed by atoms with Gasteiger partial charge in [0.05, 0.1) is 0 Å². The number of hydrogen-bond acceptors (Lipinski definition) is 2. The summed E-state index contributed by atoms with van der Waals surface area (Å²) in [5.74, 6) is 0. The molecule has 0 N–H and O–H groups in total. The molecule has 0 aliphatic rings. The zero-order valence-electron chi connectivity index (χ0n) is 5.31. The minimum absolute atomic E-state index is 0.176. The lowest BCUT2D eigenvalue weighted by atomic mass is 10.2. The Morgan fingerprint density at radius 2 is 2.00 bits per heavy atom. The van der Waals surface area contributed by atoms with E-state index in [1.165, 1.54) is 5.12 Å². The molecule has 0 saturated carbocycles. The third-order valence-corrected chi connectivity index (χ3v) is 0.534. The van der Waals surface area contributed by atoms with Crippen molar-refractivity contribution in [3.8, 4) is 0 Å². The number of halogens is 1. The first-order valence-corrected chi connectivity index (χ1v) is 3.28. The van der Waals surface area contributed by atoms with E-state index in [2.05, 4.69) is 21.1 Å². The Hall–Kier alpha value is -0.0500. The second kappa shape index (κ2) is 3.07. The van der Waals surface area contributed by atoms with Gasteiger partial charge in [0.1, 0.15) is 10.7 Å². The van der Waals surface area contributed by atoms with E-state index in [0.717, 1.165) is 0 Å². The van der Waals surface area contributed by atoms with Crippen LogP contribution in [0.25, 0.3) is 0 Å². The molecule has 0 bridgehead atoms. The highest BCUT2D eigenvalue weighted by Crippen LogP contribution is 2.05. The van der Waals surface area contributed by atoms with Crippen LogP contribution in [0.5, 0.6) is 0 Å². The second-order valence-corrected chi connectivity index (χ2v) is 2.82. The Morgan fingerprint density at radius 1 is 1.50 bits per heavy atom. The predicted octanol–water partition coefficient (Wildman–Crippen LogP) is 2.14. The maximum Gasteiger partial charge on any atom is 0.129 e. The SMILES string of the molecule is CC(C)(C)O/N=C/Br. The Kier molecular flexibility index (Phi) is 3.05. The summed E-state index contributed by atoms with van der Waals surface area (Å²) in [6.45, 7) is 5.81. The average Bonchev–Trinajstić information content (AvgIpc) is 1.59. The molecular formula is C5H10BrNO. The van der Waals surface area contributed by atoms with E-state index < -0.39 is 0 Å². The summed E-state index contributed by atoms with van der Waals surface area (Å²) in [6.07, 6.45) is 0. The Bertz CT molecular complexity index is 84.9. The lowest BCUT2D eigenvalue weighted by Crippen LogP contribution is -2.15. The van der Waals surface area contributed by atoms with E-state index in [4.69, 9.17) is 4.84 Å². The monoisotopic (exact) mass is 179 g/mol. The molecule has 48 valence electrons. The standard InChI is InChI=1S/C5H10BrNO/c1-5(2,3)8-7-4-6/h4H,1-3H3/b7-4+. The van der Waals surface area contributed by atoms with Crippen LogP contribution in [0.15, 0.2) is 5.16 Å². The zero-order chi connectivity index (χ0) is 6.62. The fraction of sp³-hybridized carbons (Fsp3) is 0.800. The molecule has 0 aliphatic carbocycles. The molecule has 2 nitrogen and oxygen atoms in total. The highest BCUT2D eigenvalue weighted by molar-refractivity contribution is 9.17. The van der Waals surface area contributed by atoms with Crippen LogP contribution in [0.4, 0.5) is 0 Å². The van der Waals surface area contributed by atoms with Crippen molar-refractivity contribution in [2.75, 3.05) is 0 Å². The normalized spacial score (nSPS) is 12.5. The van der Waals surface area contributed by atoms with Crippen molar-refractivity contribution in [3.05, 3.63) is 0 Å². The van der Waals surface area contributed by atoms with Crippen LogP contribution in [0.2, 0.25) is 0 Å². The summed E-state index contributed by atoms with van der Waals surface area (Å²) in [4.78, 5) is 4.90. The van der Waals surface area contributed by atoms with Crippen molar-refractivity contribution in [3.63, 3.8) is 0 Å². The molecule has 0 amide bonds. The molecule has 0 fully saturated rings. The molecule has 0 aromatic heterocycles. The Balaban J connectivity index is 3.39. The number of oxime groups is 1. The molecule has 0 unspecified atom stereocenters. The predicted molar refractivity (Wildman–Crippen MR) is 38.3 cm³/mol. The Morgan fingerprint density at radius 3 is 2.12 bits per heavy atom. The quantitative estimate of drug-likeness (QED) is 0.447. The van der Waals surface area contributed by atoms with Crippen LogP contribution in [-0.2, 0) is 4.84 Å². The van der Waals surface area contributed by atoms with Gasteiger partial charge in [-0.1, -0.05) is 5.16 Å². The number of hydrogen-bond donors (Lipinski definition) is 0. The summed E-state index contributed by atoms with van der Waals surface area (Å²) in [5, 5.41) is 4.98. The molecule has 0 aliphatic heterocycles. The lowest BCUT2D eigenvalue weighted by molar-refractivity contribution is 0.00247. The van der Waals surface area contributed by atoms with Gasteiger partial charge in [-0.25, -0.2) is 0 Å². The van der Waals surface area contributed by atoms with Gasteiger partial charge in [0.15, 0.2) is 0 Å². The van der Waals surface area contributed by atoms with Crippen molar-refractivity contribution in [1.82, 2.24) is 0 Å². The van der Waals surface area contributed by atoms with Gasteiger partial charge in [-0.3, -0.25) is 0 Å². The van der Waals surface area contributed by atoms with E-state index in [9.17, 15) is 0 Å². The van der Waals surface area contributed by atoms with E-state index in [1.54, 1.807) is 0 Å². The fourth-order valence-corrected chi connectivity index (χ4v) is 0.262. The summed E-state index contributed by atoms with van der Waals surface area (Å²) < 4.78 is 0. The minimum Gasteiger partial charge on any atom is -0.390 e. The average molecular weight is 180 g/mol. The van der Waals surface area contributed by atoms with E-state index in [0.29, 0.717) is 0 Å². The minimum atomic E-state index is -0.176. The van der Waals surface area contributed by atoms with Gasteiger partial charge in [0.2, 0.25) is 0 Å². The maximum atomic E-state index is 4.90. The summed E-state index contributed by atoms with van der Waals surface area (Å²) in [7, 11) is 0. The van der Waals surface area contributed by atoms with Gasteiger partial charge in [-0.15, -0.1) is 0 Å². The molecule has 0 atom stereocenters. The second-order valence-electron chi connectivity index (χ2n) is 2.41. The van der Waals surface area contributed by atoms with Crippen LogP contribution in [0.3, 0.4) is 0 Å². The topological polar surface area (TPSA) is 21.6 Å². The van der Waals surface area contributed by atoms with Crippen molar-refractivity contribution < 1.29 is 4.84 Å². The van der Waals surface area contributed by atoms with Gasteiger partial charge in [0.25, 0.3) is 0 Å². The summed E-state index contributed by atoms with van der Waals surface area (Å²) >= 11 is 2.99. The first-order chi connectivity index (χ1) is 3.56. The van der Waals surface area contributed by atoms with E-state index >= 15 is 0 Å². The van der Waals surface area contributed by atoms with Crippen LogP contribution in [-0.4, -0.2) is 10.7 Å². The van der Waals surface area contributed by atoms with Crippen molar-refractivity contribution in [2.45, 2.75) is 26.4 Å². The van der Waals surface area contributed by atoms with Crippen LogP contribution < -0.4 is 0 Å². The van der Waals surface area contributed by atoms with Crippen LogP contribution in [0.1, 0.15) is 20.8 Å². The smallest absolute Gasteiger partial charge is 0.129 e. The first kappa shape index (κ1) is 7.95. The molecule has 0 aromatic rings. The fourth-order valence-electron chi connectivity index (χ4n) is 0.178. The van der Waals surface area contributed by atoms with Crippen molar-refractivity contribution in [1.29, 1.82) is 0 Å².